The number of rotatable bonds is 10. The summed E-state index contributed by atoms with van der Waals surface area (Å²) in [5, 5.41) is 2.92. The lowest BCUT2D eigenvalue weighted by Crippen LogP contribution is -2.27. The molecule has 6 nitrogen and oxygen atoms in total. The Morgan fingerprint density at radius 3 is 2.38 bits per heavy atom. The van der Waals surface area contributed by atoms with Crippen LogP contribution in [0, 0.1) is 0 Å². The van der Waals surface area contributed by atoms with E-state index in [0.717, 1.165) is 38.0 Å². The number of nitrogens with zero attached hydrogens (tertiary/aromatic N) is 1. The summed E-state index contributed by atoms with van der Waals surface area (Å²) in [5.74, 6) is -0.286. The summed E-state index contributed by atoms with van der Waals surface area (Å²) in [6.45, 7) is 7.42. The molecule has 2 aromatic rings. The van der Waals surface area contributed by atoms with E-state index in [1.165, 1.54) is 17.7 Å². The fourth-order valence-corrected chi connectivity index (χ4v) is 4.49. The molecule has 0 radical (unpaired) electrons. The number of amides is 1. The maximum Gasteiger partial charge on any atom is 0.251 e. The first-order chi connectivity index (χ1) is 13.9. The number of hydrogen-bond donors (Lipinski definition) is 2. The average molecular weight is 416 g/mol. The normalized spacial score (nSPS) is 14.2. The van der Waals surface area contributed by atoms with Crippen molar-refractivity contribution >= 4 is 15.9 Å². The van der Waals surface area contributed by atoms with Gasteiger partial charge in [-0.3, -0.25) is 9.69 Å². The maximum absolute atomic E-state index is 12.6. The molecule has 0 atom stereocenters. The van der Waals surface area contributed by atoms with Gasteiger partial charge < -0.3 is 5.32 Å². The zero-order chi connectivity index (χ0) is 20.9. The van der Waals surface area contributed by atoms with Crippen LogP contribution in [0.1, 0.15) is 48.2 Å². The van der Waals surface area contributed by atoms with Crippen LogP contribution in [-0.4, -0.2) is 38.4 Å². The molecular weight excluding hydrogens is 386 g/mol. The highest BCUT2D eigenvalue weighted by atomic mass is 32.2. The molecule has 3 rings (SSSR count). The smallest absolute Gasteiger partial charge is 0.251 e. The lowest BCUT2D eigenvalue weighted by molar-refractivity contribution is 0.0950. The van der Waals surface area contributed by atoms with Gasteiger partial charge in [0.1, 0.15) is 0 Å². The molecule has 0 spiro atoms. The molecule has 1 amide bonds. The van der Waals surface area contributed by atoms with Crippen molar-refractivity contribution in [3.8, 4) is 0 Å². The first kappa shape index (κ1) is 21.5. The third-order valence-electron chi connectivity index (χ3n) is 5.15. The van der Waals surface area contributed by atoms with Gasteiger partial charge in [0.2, 0.25) is 10.0 Å². The molecule has 0 heterocycles. The molecule has 0 aromatic heterocycles. The van der Waals surface area contributed by atoms with Crippen LogP contribution >= 0.6 is 0 Å². The second kappa shape index (κ2) is 9.52. The van der Waals surface area contributed by atoms with Crippen LogP contribution in [0.15, 0.2) is 53.4 Å². The van der Waals surface area contributed by atoms with Crippen LogP contribution in [-0.2, 0) is 23.1 Å². The lowest BCUT2D eigenvalue weighted by atomic mass is 10.1. The number of benzene rings is 2. The summed E-state index contributed by atoms with van der Waals surface area (Å²) in [7, 11) is -3.58. The summed E-state index contributed by atoms with van der Waals surface area (Å²) in [6.07, 6.45) is 1.73. The minimum atomic E-state index is -3.58. The molecule has 156 valence electrons. The van der Waals surface area contributed by atoms with Crippen LogP contribution < -0.4 is 10.0 Å². The highest BCUT2D eigenvalue weighted by molar-refractivity contribution is 7.89. The SMILES string of the molecule is CCN(CC)Cc1ccccc1CNC(=O)c1cccc(S(=O)(=O)NC2CC2)c1. The minimum Gasteiger partial charge on any atom is -0.348 e. The van der Waals surface area contributed by atoms with Gasteiger partial charge in [-0.2, -0.15) is 0 Å². The van der Waals surface area contributed by atoms with Crippen molar-refractivity contribution in [2.45, 2.75) is 50.7 Å². The Morgan fingerprint density at radius 2 is 1.72 bits per heavy atom. The molecule has 29 heavy (non-hydrogen) atoms. The topological polar surface area (TPSA) is 78.5 Å². The molecule has 0 unspecified atom stereocenters. The quantitative estimate of drug-likeness (QED) is 0.625. The van der Waals surface area contributed by atoms with Gasteiger partial charge in [-0.25, -0.2) is 13.1 Å². The zero-order valence-electron chi connectivity index (χ0n) is 17.0. The zero-order valence-corrected chi connectivity index (χ0v) is 17.8. The lowest BCUT2D eigenvalue weighted by Gasteiger charge is -2.20. The molecule has 2 aromatic carbocycles. The van der Waals surface area contributed by atoms with Gasteiger partial charge in [0, 0.05) is 24.7 Å². The summed E-state index contributed by atoms with van der Waals surface area (Å²) in [5.41, 5.74) is 2.58. The van der Waals surface area contributed by atoms with Gasteiger partial charge in [-0.05, 0) is 55.3 Å². The second-order valence-electron chi connectivity index (χ2n) is 7.34. The second-order valence-corrected chi connectivity index (χ2v) is 9.05. The van der Waals surface area contributed by atoms with Crippen LogP contribution in [0.2, 0.25) is 0 Å². The summed E-state index contributed by atoms with van der Waals surface area (Å²) in [6, 6.07) is 14.3. The number of hydrogen-bond acceptors (Lipinski definition) is 4. The van der Waals surface area contributed by atoms with E-state index in [1.807, 2.05) is 18.2 Å². The van der Waals surface area contributed by atoms with Crippen LogP contribution in [0.25, 0.3) is 0 Å². The molecule has 2 N–H and O–H groups in total. The van der Waals surface area contributed by atoms with Crippen molar-refractivity contribution in [1.82, 2.24) is 14.9 Å². The highest BCUT2D eigenvalue weighted by Gasteiger charge is 2.28. The predicted molar refractivity (Wildman–Crippen MR) is 114 cm³/mol. The maximum atomic E-state index is 12.6. The number of carbonyl (C=O) groups is 1. The Kier molecular flexibility index (Phi) is 7.05. The summed E-state index contributed by atoms with van der Waals surface area (Å²) < 4.78 is 27.4. The van der Waals surface area contributed by atoms with Crippen LogP contribution in [0.5, 0.6) is 0 Å². The molecule has 0 saturated heterocycles. The fourth-order valence-electron chi connectivity index (χ4n) is 3.14. The van der Waals surface area contributed by atoms with Gasteiger partial charge >= 0.3 is 0 Å². The van der Waals surface area contributed by atoms with Gasteiger partial charge in [0.25, 0.3) is 5.91 Å². The monoisotopic (exact) mass is 415 g/mol. The molecule has 1 fully saturated rings. The Hall–Kier alpha value is -2.22. The minimum absolute atomic E-state index is 0.0276. The molecule has 0 aliphatic heterocycles. The van der Waals surface area contributed by atoms with E-state index >= 15 is 0 Å². The summed E-state index contributed by atoms with van der Waals surface area (Å²) in [4.78, 5) is 15.1. The average Bonchev–Trinajstić information content (AvgIpc) is 3.54. The Labute approximate surface area is 173 Å². The fraction of sp³-hybridized carbons (Fsp3) is 0.409. The van der Waals surface area contributed by atoms with Gasteiger partial charge in [0.05, 0.1) is 4.90 Å². The van der Waals surface area contributed by atoms with E-state index < -0.39 is 10.0 Å². The first-order valence-corrected chi connectivity index (χ1v) is 11.6. The molecule has 7 heteroatoms. The third-order valence-corrected chi connectivity index (χ3v) is 6.67. The van der Waals surface area contributed by atoms with E-state index in [2.05, 4.69) is 34.9 Å². The van der Waals surface area contributed by atoms with Crippen molar-refractivity contribution in [2.24, 2.45) is 0 Å². The number of sulfonamides is 1. The van der Waals surface area contributed by atoms with E-state index in [-0.39, 0.29) is 16.8 Å². The third kappa shape index (κ3) is 5.88. The number of carbonyl (C=O) groups excluding carboxylic acids is 1. The van der Waals surface area contributed by atoms with Gasteiger partial charge in [-0.1, -0.05) is 44.2 Å². The van der Waals surface area contributed by atoms with Gasteiger partial charge in [0.15, 0.2) is 0 Å². The molecular formula is C22H29N3O3S. The van der Waals surface area contributed by atoms with E-state index in [0.29, 0.717) is 12.1 Å². The van der Waals surface area contributed by atoms with Crippen molar-refractivity contribution in [3.63, 3.8) is 0 Å². The number of nitrogens with one attached hydrogen (secondary N) is 2. The van der Waals surface area contributed by atoms with Gasteiger partial charge in [-0.15, -0.1) is 0 Å². The van der Waals surface area contributed by atoms with Crippen LogP contribution in [0.3, 0.4) is 0 Å². The standard InChI is InChI=1S/C22H29N3O3S/c1-3-25(4-2)16-19-9-6-5-8-18(19)15-23-22(26)17-10-7-11-21(14-17)29(27,28)24-20-12-13-20/h5-11,14,20,24H,3-4,12-13,15-16H2,1-2H3,(H,23,26). The molecule has 1 saturated carbocycles. The first-order valence-electron chi connectivity index (χ1n) is 10.1. The van der Waals surface area contributed by atoms with Crippen molar-refractivity contribution in [1.29, 1.82) is 0 Å². The van der Waals surface area contributed by atoms with E-state index in [4.69, 9.17) is 0 Å². The highest BCUT2D eigenvalue weighted by Crippen LogP contribution is 2.22. The van der Waals surface area contributed by atoms with Crippen molar-refractivity contribution in [3.05, 3.63) is 65.2 Å². The largest absolute Gasteiger partial charge is 0.348 e. The molecule has 1 aliphatic carbocycles. The molecule has 0 bridgehead atoms. The summed E-state index contributed by atoms with van der Waals surface area (Å²) >= 11 is 0. The Morgan fingerprint density at radius 1 is 1.03 bits per heavy atom. The Balaban J connectivity index is 1.68. The molecule has 1 aliphatic rings. The Bertz CT molecular complexity index is 951. The van der Waals surface area contributed by atoms with E-state index in [1.54, 1.807) is 12.1 Å². The van der Waals surface area contributed by atoms with E-state index in [9.17, 15) is 13.2 Å². The van der Waals surface area contributed by atoms with Crippen LogP contribution in [0.4, 0.5) is 0 Å². The predicted octanol–water partition coefficient (Wildman–Crippen LogP) is 2.90. The van der Waals surface area contributed by atoms with Crippen molar-refractivity contribution in [2.75, 3.05) is 13.1 Å². The van der Waals surface area contributed by atoms with Crippen molar-refractivity contribution < 1.29 is 13.2 Å².